The van der Waals surface area contributed by atoms with E-state index in [2.05, 4.69) is 11.9 Å². The average molecular weight is 153 g/mol. The number of rotatable bonds is 1. The van der Waals surface area contributed by atoms with E-state index in [1.54, 1.807) is 0 Å². The largest absolute Gasteiger partial charge is 0.484 e. The van der Waals surface area contributed by atoms with Gasteiger partial charge in [0.05, 0.1) is 0 Å². The zero-order valence-corrected chi connectivity index (χ0v) is 6.46. The number of fused-ring (bicyclic) bond motifs is 1. The van der Waals surface area contributed by atoms with Crippen molar-refractivity contribution in [2.45, 2.75) is 19.4 Å². The van der Waals surface area contributed by atoms with Crippen LogP contribution in [0.1, 0.15) is 13.3 Å². The van der Waals surface area contributed by atoms with E-state index in [0.29, 0.717) is 6.61 Å². The van der Waals surface area contributed by atoms with E-state index in [4.69, 9.17) is 9.47 Å². The summed E-state index contributed by atoms with van der Waals surface area (Å²) in [6, 6.07) is 1.88. The second-order valence-corrected chi connectivity index (χ2v) is 2.63. The highest BCUT2D eigenvalue weighted by atomic mass is 16.6. The number of H-pyrrole nitrogens is 1. The molecule has 0 saturated carbocycles. The predicted molar refractivity (Wildman–Crippen MR) is 41.0 cm³/mol. The van der Waals surface area contributed by atoms with Gasteiger partial charge in [-0.15, -0.1) is 0 Å². The Morgan fingerprint density at radius 2 is 2.64 bits per heavy atom. The molecular formula is C8H11NO2. The average Bonchev–Trinajstić information content (AvgIpc) is 2.50. The number of ether oxygens (including phenoxy) is 2. The van der Waals surface area contributed by atoms with Gasteiger partial charge in [0.25, 0.3) is 0 Å². The Kier molecular flexibility index (Phi) is 1.49. The first-order valence-electron chi connectivity index (χ1n) is 3.87. The summed E-state index contributed by atoms with van der Waals surface area (Å²) in [5, 5.41) is 0. The summed E-state index contributed by atoms with van der Waals surface area (Å²) >= 11 is 0. The van der Waals surface area contributed by atoms with Crippen molar-refractivity contribution >= 4 is 0 Å². The first kappa shape index (κ1) is 6.58. The van der Waals surface area contributed by atoms with E-state index < -0.39 is 0 Å². The zero-order chi connectivity index (χ0) is 7.68. The predicted octanol–water partition coefficient (Wildman–Crippen LogP) is 1.56. The van der Waals surface area contributed by atoms with Gasteiger partial charge in [0, 0.05) is 12.3 Å². The van der Waals surface area contributed by atoms with Gasteiger partial charge in [-0.3, -0.25) is 0 Å². The normalized spacial score (nSPS) is 21.7. The second kappa shape index (κ2) is 2.49. The van der Waals surface area contributed by atoms with Crippen molar-refractivity contribution in [1.29, 1.82) is 0 Å². The summed E-state index contributed by atoms with van der Waals surface area (Å²) in [5.74, 6) is 1.60. The maximum absolute atomic E-state index is 5.54. The fourth-order valence-corrected chi connectivity index (χ4v) is 1.13. The highest BCUT2D eigenvalue weighted by molar-refractivity contribution is 5.35. The molecule has 1 unspecified atom stereocenters. The van der Waals surface area contributed by atoms with Crippen LogP contribution < -0.4 is 9.47 Å². The molecule has 11 heavy (non-hydrogen) atoms. The Balaban J connectivity index is 2.18. The van der Waals surface area contributed by atoms with Crippen LogP contribution in [-0.2, 0) is 0 Å². The minimum Gasteiger partial charge on any atom is -0.484 e. The van der Waals surface area contributed by atoms with Crippen LogP contribution in [-0.4, -0.2) is 17.7 Å². The number of hydrogen-bond donors (Lipinski definition) is 1. The van der Waals surface area contributed by atoms with E-state index in [1.807, 2.05) is 12.3 Å². The molecule has 0 aromatic carbocycles. The van der Waals surface area contributed by atoms with E-state index in [0.717, 1.165) is 18.1 Å². The summed E-state index contributed by atoms with van der Waals surface area (Å²) in [6.07, 6.45) is 3.02. The Labute approximate surface area is 65.3 Å². The van der Waals surface area contributed by atoms with Gasteiger partial charge in [0.1, 0.15) is 12.7 Å². The molecule has 1 N–H and O–H groups in total. The quantitative estimate of drug-likeness (QED) is 0.664. The first-order valence-corrected chi connectivity index (χ1v) is 3.87. The van der Waals surface area contributed by atoms with Gasteiger partial charge < -0.3 is 14.5 Å². The van der Waals surface area contributed by atoms with Crippen LogP contribution >= 0.6 is 0 Å². The van der Waals surface area contributed by atoms with Crippen molar-refractivity contribution in [3.8, 4) is 11.6 Å². The third kappa shape index (κ3) is 1.06. The minimum atomic E-state index is 0.209. The molecule has 2 heterocycles. The van der Waals surface area contributed by atoms with Gasteiger partial charge in [-0.05, 0) is 6.42 Å². The molecule has 1 aliphatic heterocycles. The van der Waals surface area contributed by atoms with Gasteiger partial charge in [-0.25, -0.2) is 0 Å². The molecule has 0 saturated heterocycles. The lowest BCUT2D eigenvalue weighted by Gasteiger charge is -2.22. The SMILES string of the molecule is CCC1COc2cc[nH]c2O1. The molecule has 0 amide bonds. The van der Waals surface area contributed by atoms with Crippen molar-refractivity contribution < 1.29 is 9.47 Å². The van der Waals surface area contributed by atoms with Crippen LogP contribution in [0.5, 0.6) is 11.6 Å². The van der Waals surface area contributed by atoms with Gasteiger partial charge in [-0.2, -0.15) is 0 Å². The molecule has 0 spiro atoms. The van der Waals surface area contributed by atoms with Gasteiger partial charge in [-0.1, -0.05) is 6.92 Å². The summed E-state index contributed by atoms with van der Waals surface area (Å²) in [7, 11) is 0. The fourth-order valence-electron chi connectivity index (χ4n) is 1.13. The third-order valence-corrected chi connectivity index (χ3v) is 1.84. The number of aromatic nitrogens is 1. The summed E-state index contributed by atoms with van der Waals surface area (Å²) in [4.78, 5) is 2.97. The minimum absolute atomic E-state index is 0.209. The lowest BCUT2D eigenvalue weighted by Crippen LogP contribution is -2.27. The Morgan fingerprint density at radius 3 is 3.45 bits per heavy atom. The maximum Gasteiger partial charge on any atom is 0.234 e. The summed E-state index contributed by atoms with van der Waals surface area (Å²) in [6.45, 7) is 2.75. The molecule has 0 aliphatic carbocycles. The molecule has 60 valence electrons. The van der Waals surface area contributed by atoms with E-state index in [9.17, 15) is 0 Å². The highest BCUT2D eigenvalue weighted by Crippen LogP contribution is 2.29. The molecule has 2 rings (SSSR count). The molecule has 0 radical (unpaired) electrons. The first-order chi connectivity index (χ1) is 5.40. The number of aromatic amines is 1. The molecule has 1 aromatic rings. The van der Waals surface area contributed by atoms with Crippen LogP contribution in [0.4, 0.5) is 0 Å². The van der Waals surface area contributed by atoms with E-state index in [1.165, 1.54) is 0 Å². The zero-order valence-electron chi connectivity index (χ0n) is 6.46. The van der Waals surface area contributed by atoms with Gasteiger partial charge in [0.15, 0.2) is 5.75 Å². The molecule has 1 atom stereocenters. The topological polar surface area (TPSA) is 34.2 Å². The monoisotopic (exact) mass is 153 g/mol. The molecular weight excluding hydrogens is 142 g/mol. The molecule has 1 aliphatic rings. The second-order valence-electron chi connectivity index (χ2n) is 2.63. The number of nitrogens with one attached hydrogen (secondary N) is 1. The molecule has 3 heteroatoms. The standard InChI is InChI=1S/C8H11NO2/c1-2-6-5-10-7-3-4-9-8(7)11-6/h3-4,6,9H,2,5H2,1H3. The lowest BCUT2D eigenvalue weighted by molar-refractivity contribution is 0.0847. The van der Waals surface area contributed by atoms with Crippen LogP contribution in [0.3, 0.4) is 0 Å². The molecule has 0 fully saturated rings. The van der Waals surface area contributed by atoms with Crippen molar-refractivity contribution in [2.24, 2.45) is 0 Å². The van der Waals surface area contributed by atoms with Crippen LogP contribution in [0.15, 0.2) is 12.3 Å². The Hall–Kier alpha value is -1.12. The third-order valence-electron chi connectivity index (χ3n) is 1.84. The molecule has 0 bridgehead atoms. The smallest absolute Gasteiger partial charge is 0.234 e. The number of hydrogen-bond acceptors (Lipinski definition) is 2. The van der Waals surface area contributed by atoms with Gasteiger partial charge >= 0.3 is 0 Å². The maximum atomic E-state index is 5.54. The van der Waals surface area contributed by atoms with Crippen molar-refractivity contribution in [1.82, 2.24) is 4.98 Å². The van der Waals surface area contributed by atoms with Crippen molar-refractivity contribution in [3.63, 3.8) is 0 Å². The Morgan fingerprint density at radius 1 is 1.73 bits per heavy atom. The van der Waals surface area contributed by atoms with Crippen LogP contribution in [0.2, 0.25) is 0 Å². The van der Waals surface area contributed by atoms with Crippen molar-refractivity contribution in [3.05, 3.63) is 12.3 Å². The van der Waals surface area contributed by atoms with E-state index >= 15 is 0 Å². The van der Waals surface area contributed by atoms with E-state index in [-0.39, 0.29) is 6.10 Å². The summed E-state index contributed by atoms with van der Waals surface area (Å²) < 4.78 is 11.0. The van der Waals surface area contributed by atoms with Crippen molar-refractivity contribution in [2.75, 3.05) is 6.61 Å². The lowest BCUT2D eigenvalue weighted by atomic mass is 10.3. The fraction of sp³-hybridized carbons (Fsp3) is 0.500. The highest BCUT2D eigenvalue weighted by Gasteiger charge is 2.19. The van der Waals surface area contributed by atoms with Crippen LogP contribution in [0.25, 0.3) is 0 Å². The van der Waals surface area contributed by atoms with Gasteiger partial charge in [0.2, 0.25) is 5.88 Å². The molecule has 1 aromatic heterocycles. The Bertz CT molecular complexity index is 244. The molecule has 3 nitrogen and oxygen atoms in total. The van der Waals surface area contributed by atoms with Crippen LogP contribution in [0, 0.1) is 0 Å². The summed E-state index contributed by atoms with van der Waals surface area (Å²) in [5.41, 5.74) is 0.